The van der Waals surface area contributed by atoms with E-state index in [0.717, 1.165) is 26.5 Å². The molecule has 8 nitrogen and oxygen atoms in total. The van der Waals surface area contributed by atoms with E-state index < -0.39 is 30.6 Å². The van der Waals surface area contributed by atoms with Crippen molar-refractivity contribution in [3.05, 3.63) is 47.2 Å². The number of rotatable bonds is 7. The number of benzene rings is 1. The first kappa shape index (κ1) is 23.5. The van der Waals surface area contributed by atoms with E-state index in [4.69, 9.17) is 0 Å². The molecule has 32 heavy (non-hydrogen) atoms. The van der Waals surface area contributed by atoms with Gasteiger partial charge in [-0.2, -0.15) is 8.78 Å². The van der Waals surface area contributed by atoms with Crippen molar-refractivity contribution in [1.29, 1.82) is 0 Å². The van der Waals surface area contributed by atoms with Crippen LogP contribution in [0, 0.1) is 5.92 Å². The topological polar surface area (TPSA) is 101 Å². The summed E-state index contributed by atoms with van der Waals surface area (Å²) in [7, 11) is 1.72. The predicted molar refractivity (Wildman–Crippen MR) is 114 cm³/mol. The van der Waals surface area contributed by atoms with Gasteiger partial charge in [0.15, 0.2) is 5.82 Å². The van der Waals surface area contributed by atoms with Gasteiger partial charge in [0.05, 0.1) is 23.8 Å². The van der Waals surface area contributed by atoms with Gasteiger partial charge in [-0.3, -0.25) is 9.36 Å². The molecule has 0 aliphatic heterocycles. The van der Waals surface area contributed by atoms with E-state index in [-0.39, 0.29) is 11.4 Å². The van der Waals surface area contributed by atoms with Crippen LogP contribution in [0.4, 0.5) is 13.6 Å². The Balaban J connectivity index is 2.10. The summed E-state index contributed by atoms with van der Waals surface area (Å²) < 4.78 is 33.8. The van der Waals surface area contributed by atoms with Crippen LogP contribution in [0.1, 0.15) is 18.6 Å². The van der Waals surface area contributed by atoms with Crippen LogP contribution in [0.25, 0.3) is 22.8 Å². The van der Waals surface area contributed by atoms with Gasteiger partial charge in [0.25, 0.3) is 5.91 Å². The van der Waals surface area contributed by atoms with E-state index in [2.05, 4.69) is 31.0 Å². The number of amides is 1. The molecule has 0 aliphatic carbocycles. The lowest BCUT2D eigenvalue weighted by Gasteiger charge is -2.23. The van der Waals surface area contributed by atoms with Gasteiger partial charge in [-0.15, -0.1) is 0 Å². The number of aromatic nitrogens is 3. The molecule has 1 aromatic carbocycles. The van der Waals surface area contributed by atoms with Crippen molar-refractivity contribution in [1.82, 2.24) is 19.4 Å². The second kappa shape index (κ2) is 9.51. The van der Waals surface area contributed by atoms with Crippen molar-refractivity contribution in [3.8, 4) is 28.5 Å². The maximum Gasteiger partial charge on any atom is 0.387 e. The van der Waals surface area contributed by atoms with E-state index in [0.29, 0.717) is 5.82 Å². The zero-order chi connectivity index (χ0) is 23.6. The minimum absolute atomic E-state index is 0.169. The lowest BCUT2D eigenvalue weighted by molar-refractivity contribution is -0.251. The first-order valence-electron chi connectivity index (χ1n) is 9.55. The van der Waals surface area contributed by atoms with Crippen molar-refractivity contribution < 1.29 is 28.2 Å². The molecule has 0 bridgehead atoms. The molecule has 0 spiro atoms. The highest BCUT2D eigenvalue weighted by atomic mass is 79.9. The van der Waals surface area contributed by atoms with Crippen LogP contribution in [0.2, 0.25) is 0 Å². The summed E-state index contributed by atoms with van der Waals surface area (Å²) >= 11 is 3.38. The quantitative estimate of drug-likeness (QED) is 0.525. The number of ether oxygens (including phenoxy) is 1. The number of nitrogens with one attached hydrogen (secondary N) is 1. The molecule has 0 saturated carbocycles. The second-order valence-electron chi connectivity index (χ2n) is 7.33. The van der Waals surface area contributed by atoms with Gasteiger partial charge in [-0.25, -0.2) is 4.98 Å². The van der Waals surface area contributed by atoms with Gasteiger partial charge >= 0.3 is 6.61 Å². The second-order valence-corrected chi connectivity index (χ2v) is 8.25. The molecular weight excluding hydrogens is 490 g/mol. The van der Waals surface area contributed by atoms with E-state index >= 15 is 0 Å². The number of alkyl halides is 2. The monoisotopic (exact) mass is 509 g/mol. The fourth-order valence-electron chi connectivity index (χ4n) is 3.29. The summed E-state index contributed by atoms with van der Waals surface area (Å²) in [6.07, 6.45) is 1.06. The molecule has 1 N–H and O–H groups in total. The summed E-state index contributed by atoms with van der Waals surface area (Å²) in [4.78, 5) is 28.6. The molecule has 3 rings (SSSR count). The number of carboxylic acid groups (broad SMARTS) is 1. The van der Waals surface area contributed by atoms with Crippen LogP contribution in [-0.2, 0) is 7.05 Å². The van der Waals surface area contributed by atoms with Crippen molar-refractivity contribution in [2.45, 2.75) is 26.5 Å². The normalized spacial score (nSPS) is 12.2. The molecule has 2 heterocycles. The van der Waals surface area contributed by atoms with Crippen molar-refractivity contribution >= 4 is 27.9 Å². The predicted octanol–water partition coefficient (Wildman–Crippen LogP) is 3.52. The first-order chi connectivity index (χ1) is 15.1. The smallest absolute Gasteiger partial charge is 0.387 e. The van der Waals surface area contributed by atoms with Crippen LogP contribution in [0.3, 0.4) is 0 Å². The number of carbonyl (C=O) groups excluding carboxylic acids is 2. The third-order valence-corrected chi connectivity index (χ3v) is 5.35. The Hall–Kier alpha value is -3.21. The SMILES string of the molecule is CC(C)C(NC(=O)[O-])C(=O)n1cc(OC(F)F)cc1-c1ncc(-c2ccc(Br)cc2)n1C. The summed E-state index contributed by atoms with van der Waals surface area (Å²) in [5.41, 5.74) is 1.74. The minimum atomic E-state index is -3.10. The largest absolute Gasteiger partial charge is 0.530 e. The Morgan fingerprint density at radius 1 is 1.19 bits per heavy atom. The molecule has 11 heteroatoms. The molecule has 3 aromatic rings. The molecule has 0 radical (unpaired) electrons. The highest BCUT2D eigenvalue weighted by molar-refractivity contribution is 9.10. The zero-order valence-electron chi connectivity index (χ0n) is 17.4. The van der Waals surface area contributed by atoms with Gasteiger partial charge in [0.1, 0.15) is 17.9 Å². The number of nitrogens with zero attached hydrogens (tertiary/aromatic N) is 3. The van der Waals surface area contributed by atoms with Gasteiger partial charge in [0, 0.05) is 17.6 Å². The number of halogens is 3. The fraction of sp³-hybridized carbons (Fsp3) is 0.286. The lowest BCUT2D eigenvalue weighted by atomic mass is 10.0. The minimum Gasteiger partial charge on any atom is -0.530 e. The fourth-order valence-corrected chi connectivity index (χ4v) is 3.55. The molecule has 0 aliphatic rings. The van der Waals surface area contributed by atoms with Crippen LogP contribution in [0.5, 0.6) is 5.75 Å². The van der Waals surface area contributed by atoms with Crippen LogP contribution >= 0.6 is 15.9 Å². The van der Waals surface area contributed by atoms with E-state index in [1.54, 1.807) is 31.7 Å². The van der Waals surface area contributed by atoms with E-state index in [9.17, 15) is 23.5 Å². The molecule has 1 amide bonds. The van der Waals surface area contributed by atoms with Gasteiger partial charge in [-0.05, 0) is 23.6 Å². The lowest BCUT2D eigenvalue weighted by Crippen LogP contribution is -2.51. The average molecular weight is 510 g/mol. The standard InChI is InChI=1S/C21H21BrF2N4O4/c1-11(2)17(26-21(30)31)19(29)28-10-14(32-20(23)24)8-15(28)18-25-9-16(27(18)3)12-4-6-13(22)7-5-12/h4-11,17,20,26H,1-3H3,(H,30,31)/p-1. The highest BCUT2D eigenvalue weighted by Gasteiger charge is 2.28. The van der Waals surface area contributed by atoms with Gasteiger partial charge in [0.2, 0.25) is 0 Å². The molecule has 2 aromatic heterocycles. The average Bonchev–Trinajstić information content (AvgIpc) is 3.28. The highest BCUT2D eigenvalue weighted by Crippen LogP contribution is 2.31. The van der Waals surface area contributed by atoms with Crippen molar-refractivity contribution in [2.75, 3.05) is 0 Å². The van der Waals surface area contributed by atoms with Gasteiger partial charge < -0.3 is 24.5 Å². The number of hydrogen-bond donors (Lipinski definition) is 1. The van der Waals surface area contributed by atoms with Crippen LogP contribution in [-0.4, -0.2) is 38.8 Å². The Kier molecular flexibility index (Phi) is 6.97. The third kappa shape index (κ3) is 4.98. The number of hydrogen-bond acceptors (Lipinski definition) is 5. The maximum atomic E-state index is 13.2. The van der Waals surface area contributed by atoms with Crippen molar-refractivity contribution in [3.63, 3.8) is 0 Å². The molecule has 170 valence electrons. The molecular formula is C21H20BrF2N4O4-. The van der Waals surface area contributed by atoms with Crippen LogP contribution < -0.4 is 15.2 Å². The number of carbonyl (C=O) groups is 2. The van der Waals surface area contributed by atoms with E-state index in [1.807, 2.05) is 24.3 Å². The zero-order valence-corrected chi connectivity index (χ0v) is 19.0. The van der Waals surface area contributed by atoms with Gasteiger partial charge in [-0.1, -0.05) is 41.9 Å². The molecule has 0 saturated heterocycles. The summed E-state index contributed by atoms with van der Waals surface area (Å²) in [6, 6.07) is 7.56. The van der Waals surface area contributed by atoms with Crippen molar-refractivity contribution in [2.24, 2.45) is 13.0 Å². The summed E-state index contributed by atoms with van der Waals surface area (Å²) in [5.74, 6) is -1.07. The Bertz CT molecular complexity index is 1130. The maximum absolute atomic E-state index is 13.2. The number of imidazole rings is 1. The molecule has 1 unspecified atom stereocenters. The molecule has 1 atom stereocenters. The third-order valence-electron chi connectivity index (χ3n) is 4.82. The Morgan fingerprint density at radius 2 is 1.84 bits per heavy atom. The Labute approximate surface area is 191 Å². The molecule has 0 fully saturated rings. The summed E-state index contributed by atoms with van der Waals surface area (Å²) in [6.45, 7) is 0.186. The van der Waals surface area contributed by atoms with Crippen LogP contribution in [0.15, 0.2) is 47.2 Å². The van der Waals surface area contributed by atoms with E-state index in [1.165, 1.54) is 6.07 Å². The first-order valence-corrected chi connectivity index (χ1v) is 10.3. The summed E-state index contributed by atoms with van der Waals surface area (Å²) in [5, 5.41) is 13.1. The Morgan fingerprint density at radius 3 is 2.41 bits per heavy atom.